The molecule has 129 valence electrons. The molecule has 0 N–H and O–H groups in total. The third-order valence-electron chi connectivity index (χ3n) is 4.81. The molecule has 4 aromatic carbocycles. The van der Waals surface area contributed by atoms with Crippen LogP contribution in [0.1, 0.15) is 10.6 Å². The zero-order valence-corrected chi connectivity index (χ0v) is 17.7. The zero-order chi connectivity index (χ0) is 17.0. The van der Waals surface area contributed by atoms with Crippen molar-refractivity contribution in [2.45, 2.75) is 13.8 Å². The van der Waals surface area contributed by atoms with E-state index >= 15 is 0 Å². The Morgan fingerprint density at radius 3 is 2.50 bits per heavy atom. The molecule has 3 heteroatoms. The van der Waals surface area contributed by atoms with Gasteiger partial charge in [0.15, 0.2) is 0 Å². The molecule has 5 rings (SSSR count). The van der Waals surface area contributed by atoms with Crippen LogP contribution in [0.5, 0.6) is 0 Å². The summed E-state index contributed by atoms with van der Waals surface area (Å²) in [6.45, 7) is 4.27. The molecule has 1 heterocycles. The normalized spacial score (nSPS) is 11.2. The first-order chi connectivity index (χ1) is 12.2. The molecule has 5 aromatic rings. The molecule has 0 atom stereocenters. The maximum atomic E-state index is 4.82. The summed E-state index contributed by atoms with van der Waals surface area (Å²) in [6.07, 6.45) is 0. The Morgan fingerprint density at radius 1 is 0.885 bits per heavy atom. The minimum absolute atomic E-state index is 0. The Balaban J connectivity index is 0.00000168. The quantitative estimate of drug-likeness (QED) is 0.174. The molecule has 0 saturated carbocycles. The first-order valence-electron chi connectivity index (χ1n) is 8.41. The predicted octanol–water partition coefficient (Wildman–Crippen LogP) is 6.68. The molecule has 0 fully saturated rings. The van der Waals surface area contributed by atoms with Gasteiger partial charge in [0.25, 0.3) is 0 Å². The number of aromatic nitrogens is 1. The van der Waals surface area contributed by atoms with Gasteiger partial charge in [0.2, 0.25) is 0 Å². The summed E-state index contributed by atoms with van der Waals surface area (Å²) in [7, 11) is 0. The predicted molar refractivity (Wildman–Crippen MR) is 108 cm³/mol. The first kappa shape index (κ1) is 17.4. The number of rotatable bonds is 1. The monoisotopic (exact) mass is 531 g/mol. The van der Waals surface area contributed by atoms with Gasteiger partial charge in [-0.2, -0.15) is 0 Å². The van der Waals surface area contributed by atoms with Gasteiger partial charge >= 0.3 is 0 Å². The van der Waals surface area contributed by atoms with Crippen molar-refractivity contribution in [2.75, 3.05) is 0 Å². The van der Waals surface area contributed by atoms with Gasteiger partial charge in [-0.25, -0.2) is 0 Å². The fourth-order valence-electron chi connectivity index (χ4n) is 3.66. The number of hydrogen-bond donors (Lipinski definition) is 0. The van der Waals surface area contributed by atoms with E-state index in [2.05, 4.69) is 80.6 Å². The molecule has 26 heavy (non-hydrogen) atoms. The average molecular weight is 531 g/mol. The summed E-state index contributed by atoms with van der Waals surface area (Å²) in [5.41, 5.74) is 4.80. The summed E-state index contributed by atoms with van der Waals surface area (Å²) in [5, 5.41) is 6.08. The first-order valence-corrected chi connectivity index (χ1v) is 9.23. The number of hydrogen-bond acceptors (Lipinski definition) is 2. The molecule has 1 radical (unpaired) electrons. The van der Waals surface area contributed by atoms with Crippen LogP contribution >= 0.6 is 11.3 Å². The van der Waals surface area contributed by atoms with Crippen molar-refractivity contribution >= 4 is 43.1 Å². The summed E-state index contributed by atoms with van der Waals surface area (Å²) < 4.78 is 1.28. The SMILES string of the molecule is Cc1nc2c3[c-]cc(-c4ccccc4)cc3c3cccc(C)c3c2s1.[Ir]. The van der Waals surface area contributed by atoms with E-state index in [0.717, 1.165) is 15.9 Å². The molecule has 0 bridgehead atoms. The average Bonchev–Trinajstić information content (AvgIpc) is 3.03. The molecular formula is C23H16IrNS-. The Labute approximate surface area is 170 Å². The maximum absolute atomic E-state index is 4.82. The Bertz CT molecular complexity index is 1260. The van der Waals surface area contributed by atoms with Crippen molar-refractivity contribution in [2.24, 2.45) is 0 Å². The van der Waals surface area contributed by atoms with Crippen molar-refractivity contribution < 1.29 is 20.1 Å². The minimum atomic E-state index is 0. The van der Waals surface area contributed by atoms with Gasteiger partial charge < -0.3 is 0 Å². The van der Waals surface area contributed by atoms with E-state index in [1.165, 1.54) is 37.5 Å². The number of nitrogens with zero attached hydrogens (tertiary/aromatic N) is 1. The van der Waals surface area contributed by atoms with E-state index in [1.54, 1.807) is 11.3 Å². The van der Waals surface area contributed by atoms with Crippen LogP contribution in [0.4, 0.5) is 0 Å². The largest absolute Gasteiger partial charge is 0.290 e. The van der Waals surface area contributed by atoms with Crippen LogP contribution < -0.4 is 0 Å². The molecule has 0 unspecified atom stereocenters. The van der Waals surface area contributed by atoms with Crippen molar-refractivity contribution in [1.29, 1.82) is 0 Å². The third-order valence-corrected chi connectivity index (χ3v) is 5.80. The second kappa shape index (κ2) is 6.59. The van der Waals surface area contributed by atoms with Gasteiger partial charge in [-0.3, -0.25) is 4.98 Å². The minimum Gasteiger partial charge on any atom is -0.290 e. The topological polar surface area (TPSA) is 12.9 Å². The summed E-state index contributed by atoms with van der Waals surface area (Å²) in [5.74, 6) is 0. The summed E-state index contributed by atoms with van der Waals surface area (Å²) in [6, 6.07) is 25.0. The van der Waals surface area contributed by atoms with Gasteiger partial charge in [-0.05, 0) is 24.8 Å². The third kappa shape index (κ3) is 2.59. The fraction of sp³-hybridized carbons (Fsp3) is 0.0870. The molecule has 0 amide bonds. The number of benzene rings is 4. The van der Waals surface area contributed by atoms with Gasteiger partial charge in [-0.1, -0.05) is 70.4 Å². The fourth-order valence-corrected chi connectivity index (χ4v) is 4.71. The molecule has 1 aromatic heterocycles. The van der Waals surface area contributed by atoms with Gasteiger partial charge in [0, 0.05) is 30.3 Å². The molecule has 0 spiro atoms. The zero-order valence-electron chi connectivity index (χ0n) is 14.5. The van der Waals surface area contributed by atoms with E-state index in [-0.39, 0.29) is 20.1 Å². The van der Waals surface area contributed by atoms with Crippen LogP contribution in [-0.4, -0.2) is 4.98 Å². The summed E-state index contributed by atoms with van der Waals surface area (Å²) >= 11 is 1.78. The maximum Gasteiger partial charge on any atom is 0.0788 e. The Morgan fingerprint density at radius 2 is 1.69 bits per heavy atom. The van der Waals surface area contributed by atoms with Crippen LogP contribution in [-0.2, 0) is 20.1 Å². The van der Waals surface area contributed by atoms with Crippen LogP contribution in [0.15, 0.2) is 60.7 Å². The van der Waals surface area contributed by atoms with E-state index in [0.29, 0.717) is 0 Å². The standard InChI is InChI=1S/C23H16NS.Ir/c1-14-7-6-10-18-20-13-17(16-8-4-3-5-9-16)11-12-19(20)22-23(21(14)18)25-15(2)24-22;/h3-11,13H,1-2H3;/q-1;. The number of thiazole rings is 1. The van der Waals surface area contributed by atoms with Crippen LogP contribution in [0.3, 0.4) is 0 Å². The molecule has 0 aliphatic heterocycles. The number of aryl methyl sites for hydroxylation is 2. The molecule has 0 saturated heterocycles. The van der Waals surface area contributed by atoms with E-state index < -0.39 is 0 Å². The molecule has 1 nitrogen and oxygen atoms in total. The van der Waals surface area contributed by atoms with Crippen molar-refractivity contribution in [3.05, 3.63) is 77.3 Å². The van der Waals surface area contributed by atoms with Crippen LogP contribution in [0, 0.1) is 19.9 Å². The van der Waals surface area contributed by atoms with Gasteiger partial charge in [0.1, 0.15) is 0 Å². The van der Waals surface area contributed by atoms with E-state index in [4.69, 9.17) is 4.98 Å². The number of fused-ring (bicyclic) bond motifs is 6. The molecular weight excluding hydrogens is 515 g/mol. The Hall–Kier alpha value is -2.06. The Kier molecular flexibility index (Phi) is 4.40. The van der Waals surface area contributed by atoms with E-state index in [1.807, 2.05) is 0 Å². The van der Waals surface area contributed by atoms with Crippen molar-refractivity contribution in [3.63, 3.8) is 0 Å². The van der Waals surface area contributed by atoms with Crippen molar-refractivity contribution in [1.82, 2.24) is 4.98 Å². The summed E-state index contributed by atoms with van der Waals surface area (Å²) in [4.78, 5) is 4.82. The van der Waals surface area contributed by atoms with E-state index in [9.17, 15) is 0 Å². The second-order valence-electron chi connectivity index (χ2n) is 6.45. The van der Waals surface area contributed by atoms with Crippen LogP contribution in [0.2, 0.25) is 0 Å². The molecule has 0 aliphatic rings. The van der Waals surface area contributed by atoms with Crippen LogP contribution in [0.25, 0.3) is 42.9 Å². The van der Waals surface area contributed by atoms with Crippen molar-refractivity contribution in [3.8, 4) is 11.1 Å². The second-order valence-corrected chi connectivity index (χ2v) is 7.65. The van der Waals surface area contributed by atoms with Gasteiger partial charge in [0.05, 0.1) is 5.01 Å². The van der Waals surface area contributed by atoms with Gasteiger partial charge in [-0.15, -0.1) is 34.9 Å². The smallest absolute Gasteiger partial charge is 0.0788 e. The molecule has 0 aliphatic carbocycles.